The Kier molecular flexibility index (Phi) is 4.66. The van der Waals surface area contributed by atoms with Gasteiger partial charge < -0.3 is 4.42 Å². The van der Waals surface area contributed by atoms with Gasteiger partial charge in [-0.15, -0.1) is 0 Å². The van der Waals surface area contributed by atoms with Crippen LogP contribution in [0.15, 0.2) is 124 Å². The molecule has 0 bridgehead atoms. The van der Waals surface area contributed by atoms with Crippen LogP contribution in [-0.2, 0) is 0 Å². The molecule has 2 heteroatoms. The number of para-hydroxylation sites is 1. The molecule has 152 valence electrons. The van der Waals surface area contributed by atoms with Crippen LogP contribution in [0.25, 0.3) is 55.3 Å². The standard InChI is InChI=1S/C30H19BrO/c31-23-18-26(20-9-3-1-4-10-20)30(27(19-23)21-11-5-2-6-12-21)22-15-16-25-24-13-7-8-14-28(24)32-29(25)17-22/h1-19H. The van der Waals surface area contributed by atoms with Crippen LogP contribution in [0.2, 0.25) is 0 Å². The molecule has 0 fully saturated rings. The second-order valence-corrected chi connectivity index (χ2v) is 8.83. The number of fused-ring (bicyclic) bond motifs is 3. The molecule has 0 radical (unpaired) electrons. The van der Waals surface area contributed by atoms with E-state index in [0.717, 1.165) is 32.0 Å². The van der Waals surface area contributed by atoms with Gasteiger partial charge in [0.15, 0.2) is 0 Å². The van der Waals surface area contributed by atoms with E-state index in [1.807, 2.05) is 12.1 Å². The van der Waals surface area contributed by atoms with Crippen LogP contribution in [0.1, 0.15) is 0 Å². The van der Waals surface area contributed by atoms with Crippen molar-refractivity contribution < 1.29 is 4.42 Å². The van der Waals surface area contributed by atoms with E-state index < -0.39 is 0 Å². The van der Waals surface area contributed by atoms with Crippen molar-refractivity contribution >= 4 is 37.9 Å². The summed E-state index contributed by atoms with van der Waals surface area (Å²) < 4.78 is 7.28. The van der Waals surface area contributed by atoms with Crippen LogP contribution in [0.5, 0.6) is 0 Å². The van der Waals surface area contributed by atoms with Crippen LogP contribution in [0, 0.1) is 0 Å². The number of rotatable bonds is 3. The van der Waals surface area contributed by atoms with Crippen molar-refractivity contribution in [1.29, 1.82) is 0 Å². The van der Waals surface area contributed by atoms with Crippen LogP contribution in [0.4, 0.5) is 0 Å². The normalized spacial score (nSPS) is 11.3. The molecule has 0 saturated carbocycles. The monoisotopic (exact) mass is 474 g/mol. The number of furan rings is 1. The molecular formula is C30H19BrO. The van der Waals surface area contributed by atoms with E-state index in [4.69, 9.17) is 4.42 Å². The van der Waals surface area contributed by atoms with Crippen molar-refractivity contribution in [2.75, 3.05) is 0 Å². The summed E-state index contributed by atoms with van der Waals surface area (Å²) >= 11 is 3.76. The number of hydrogen-bond donors (Lipinski definition) is 0. The van der Waals surface area contributed by atoms with Crippen molar-refractivity contribution in [2.24, 2.45) is 0 Å². The first-order valence-electron chi connectivity index (χ1n) is 10.6. The van der Waals surface area contributed by atoms with E-state index >= 15 is 0 Å². The van der Waals surface area contributed by atoms with Crippen LogP contribution in [-0.4, -0.2) is 0 Å². The highest BCUT2D eigenvalue weighted by atomic mass is 79.9. The first-order chi connectivity index (χ1) is 15.8. The molecule has 6 aromatic rings. The van der Waals surface area contributed by atoms with E-state index in [2.05, 4.69) is 119 Å². The Hall–Kier alpha value is -3.62. The Labute approximate surface area is 195 Å². The largest absolute Gasteiger partial charge is 0.456 e. The van der Waals surface area contributed by atoms with Crippen molar-refractivity contribution in [3.8, 4) is 33.4 Å². The fourth-order valence-electron chi connectivity index (χ4n) is 4.49. The van der Waals surface area contributed by atoms with Gasteiger partial charge in [-0.25, -0.2) is 0 Å². The zero-order valence-corrected chi connectivity index (χ0v) is 18.8. The summed E-state index contributed by atoms with van der Waals surface area (Å²) in [7, 11) is 0. The third-order valence-corrected chi connectivity index (χ3v) is 6.40. The minimum atomic E-state index is 0.907. The third-order valence-electron chi connectivity index (χ3n) is 5.94. The highest BCUT2D eigenvalue weighted by Crippen LogP contribution is 2.43. The topological polar surface area (TPSA) is 13.1 Å². The van der Waals surface area contributed by atoms with Crippen LogP contribution < -0.4 is 0 Å². The van der Waals surface area contributed by atoms with Crippen molar-refractivity contribution in [3.63, 3.8) is 0 Å². The first kappa shape index (κ1) is 19.1. The second kappa shape index (κ2) is 7.81. The summed E-state index contributed by atoms with van der Waals surface area (Å²) in [6.07, 6.45) is 0. The van der Waals surface area contributed by atoms with E-state index in [1.165, 1.54) is 27.8 Å². The molecular weight excluding hydrogens is 456 g/mol. The lowest BCUT2D eigenvalue weighted by atomic mass is 9.87. The summed E-state index contributed by atoms with van der Waals surface area (Å²) in [4.78, 5) is 0. The van der Waals surface area contributed by atoms with Gasteiger partial charge in [0, 0.05) is 15.2 Å². The molecule has 0 N–H and O–H groups in total. The fourth-order valence-corrected chi connectivity index (χ4v) is 4.95. The Morgan fingerprint density at radius 1 is 0.469 bits per heavy atom. The quantitative estimate of drug-likeness (QED) is 0.249. The maximum Gasteiger partial charge on any atom is 0.136 e. The summed E-state index contributed by atoms with van der Waals surface area (Å²) in [5.74, 6) is 0. The lowest BCUT2D eigenvalue weighted by Gasteiger charge is -2.17. The Morgan fingerprint density at radius 3 is 1.69 bits per heavy atom. The second-order valence-electron chi connectivity index (χ2n) is 7.92. The molecule has 0 aliphatic heterocycles. The molecule has 0 spiro atoms. The number of benzene rings is 5. The lowest BCUT2D eigenvalue weighted by molar-refractivity contribution is 0.669. The molecule has 1 heterocycles. The van der Waals surface area contributed by atoms with Gasteiger partial charge in [0.1, 0.15) is 11.2 Å². The van der Waals surface area contributed by atoms with E-state index in [-0.39, 0.29) is 0 Å². The predicted molar refractivity (Wildman–Crippen MR) is 138 cm³/mol. The van der Waals surface area contributed by atoms with Crippen LogP contribution in [0.3, 0.4) is 0 Å². The minimum Gasteiger partial charge on any atom is -0.456 e. The van der Waals surface area contributed by atoms with Gasteiger partial charge in [-0.05, 0) is 63.7 Å². The van der Waals surface area contributed by atoms with Crippen molar-refractivity contribution in [1.82, 2.24) is 0 Å². The maximum absolute atomic E-state index is 6.22. The zero-order valence-electron chi connectivity index (χ0n) is 17.3. The van der Waals surface area contributed by atoms with Crippen LogP contribution >= 0.6 is 15.9 Å². The molecule has 0 amide bonds. The van der Waals surface area contributed by atoms with Gasteiger partial charge in [0.25, 0.3) is 0 Å². The fraction of sp³-hybridized carbons (Fsp3) is 0. The smallest absolute Gasteiger partial charge is 0.136 e. The Morgan fingerprint density at radius 2 is 1.03 bits per heavy atom. The average Bonchev–Trinajstić information content (AvgIpc) is 3.22. The molecule has 0 atom stereocenters. The molecule has 6 rings (SSSR count). The summed E-state index contributed by atoms with van der Waals surface area (Å²) in [5, 5.41) is 2.29. The third kappa shape index (κ3) is 3.24. The molecule has 5 aromatic carbocycles. The highest BCUT2D eigenvalue weighted by Gasteiger charge is 2.17. The van der Waals surface area contributed by atoms with Gasteiger partial charge in [-0.2, -0.15) is 0 Å². The predicted octanol–water partition coefficient (Wildman–Crippen LogP) is 9.35. The average molecular weight is 475 g/mol. The van der Waals surface area contributed by atoms with E-state index in [0.29, 0.717) is 0 Å². The molecule has 32 heavy (non-hydrogen) atoms. The maximum atomic E-state index is 6.22. The van der Waals surface area contributed by atoms with E-state index in [1.54, 1.807) is 0 Å². The SMILES string of the molecule is Brc1cc(-c2ccccc2)c(-c2ccc3c(c2)oc2ccccc23)c(-c2ccccc2)c1. The molecule has 1 nitrogen and oxygen atoms in total. The lowest BCUT2D eigenvalue weighted by Crippen LogP contribution is -1.91. The van der Waals surface area contributed by atoms with Gasteiger partial charge in [0.2, 0.25) is 0 Å². The van der Waals surface area contributed by atoms with E-state index in [9.17, 15) is 0 Å². The highest BCUT2D eigenvalue weighted by molar-refractivity contribution is 9.10. The molecule has 0 aliphatic rings. The summed E-state index contributed by atoms with van der Waals surface area (Å²) in [5.41, 5.74) is 8.92. The first-order valence-corrected chi connectivity index (χ1v) is 11.4. The molecule has 0 unspecified atom stereocenters. The Bertz CT molecular complexity index is 1500. The summed E-state index contributed by atoms with van der Waals surface area (Å²) in [6, 6.07) is 40.3. The van der Waals surface area contributed by atoms with Gasteiger partial charge in [-0.1, -0.05) is 101 Å². The molecule has 1 aromatic heterocycles. The molecule has 0 saturated heterocycles. The van der Waals surface area contributed by atoms with Crippen molar-refractivity contribution in [2.45, 2.75) is 0 Å². The zero-order chi connectivity index (χ0) is 21.5. The summed E-state index contributed by atoms with van der Waals surface area (Å²) in [6.45, 7) is 0. The number of halogens is 1. The Balaban J connectivity index is 1.68. The van der Waals surface area contributed by atoms with Gasteiger partial charge in [0.05, 0.1) is 0 Å². The molecule has 0 aliphatic carbocycles. The van der Waals surface area contributed by atoms with Crippen molar-refractivity contribution in [3.05, 3.63) is 120 Å². The van der Waals surface area contributed by atoms with Gasteiger partial charge >= 0.3 is 0 Å². The number of hydrogen-bond acceptors (Lipinski definition) is 1. The van der Waals surface area contributed by atoms with Gasteiger partial charge in [-0.3, -0.25) is 0 Å². The minimum absolute atomic E-state index is 0.907.